The summed E-state index contributed by atoms with van der Waals surface area (Å²) in [5.74, 6) is -0.116. The fourth-order valence-corrected chi connectivity index (χ4v) is 2.67. The van der Waals surface area contributed by atoms with Crippen molar-refractivity contribution in [1.82, 2.24) is 19.8 Å². The minimum atomic E-state index is -0.206. The van der Waals surface area contributed by atoms with E-state index in [2.05, 4.69) is 10.3 Å². The van der Waals surface area contributed by atoms with Gasteiger partial charge in [-0.2, -0.15) is 0 Å². The van der Waals surface area contributed by atoms with Crippen molar-refractivity contribution in [3.63, 3.8) is 0 Å². The molecule has 0 unspecified atom stereocenters. The molecule has 2 aromatic rings. The van der Waals surface area contributed by atoms with Crippen molar-refractivity contribution in [2.45, 2.75) is 19.4 Å². The zero-order valence-electron chi connectivity index (χ0n) is 13.2. The van der Waals surface area contributed by atoms with Crippen LogP contribution in [0.1, 0.15) is 39.3 Å². The summed E-state index contributed by atoms with van der Waals surface area (Å²) >= 11 is 0. The minimum absolute atomic E-state index is 0.0894. The Bertz CT molecular complexity index is 700. The molecule has 2 heterocycles. The monoisotopic (exact) mass is 312 g/mol. The quantitative estimate of drug-likeness (QED) is 0.932. The first-order chi connectivity index (χ1) is 11.1. The standard InChI is InChI=1S/C17H20N4O2/c1-20-11-15(19-12-20)16(22)18-10-13-4-6-14(7-5-13)17(23)21-8-2-3-9-21/h4-7,11-12H,2-3,8-10H2,1H3,(H,18,22). The van der Waals surface area contributed by atoms with Gasteiger partial charge in [0.1, 0.15) is 5.69 Å². The van der Waals surface area contributed by atoms with E-state index in [0.29, 0.717) is 17.8 Å². The number of carbonyl (C=O) groups is 2. The van der Waals surface area contributed by atoms with Crippen LogP contribution in [-0.4, -0.2) is 39.4 Å². The van der Waals surface area contributed by atoms with Crippen LogP contribution in [0.4, 0.5) is 0 Å². The van der Waals surface area contributed by atoms with Gasteiger partial charge in [0.2, 0.25) is 0 Å². The topological polar surface area (TPSA) is 67.2 Å². The van der Waals surface area contributed by atoms with Crippen LogP contribution in [-0.2, 0) is 13.6 Å². The Balaban J connectivity index is 1.57. The number of aromatic nitrogens is 2. The molecule has 0 atom stereocenters. The molecule has 0 saturated carbocycles. The number of benzene rings is 1. The maximum absolute atomic E-state index is 12.3. The first-order valence-corrected chi connectivity index (χ1v) is 7.78. The van der Waals surface area contributed by atoms with E-state index in [0.717, 1.165) is 31.5 Å². The van der Waals surface area contributed by atoms with Gasteiger partial charge in [0, 0.05) is 38.4 Å². The summed E-state index contributed by atoms with van der Waals surface area (Å²) in [5, 5.41) is 2.82. The van der Waals surface area contributed by atoms with Gasteiger partial charge in [0.15, 0.2) is 0 Å². The molecule has 1 saturated heterocycles. The highest BCUT2D eigenvalue weighted by molar-refractivity contribution is 5.94. The van der Waals surface area contributed by atoms with Gasteiger partial charge in [-0.15, -0.1) is 0 Å². The first kappa shape index (κ1) is 15.3. The van der Waals surface area contributed by atoms with Gasteiger partial charge in [-0.1, -0.05) is 12.1 Å². The van der Waals surface area contributed by atoms with Crippen molar-refractivity contribution in [2.24, 2.45) is 7.05 Å². The number of amides is 2. The largest absolute Gasteiger partial charge is 0.347 e. The van der Waals surface area contributed by atoms with Crippen molar-refractivity contribution < 1.29 is 9.59 Å². The molecule has 0 bridgehead atoms. The van der Waals surface area contributed by atoms with E-state index >= 15 is 0 Å². The van der Waals surface area contributed by atoms with Crippen LogP contribution in [0.15, 0.2) is 36.8 Å². The third-order valence-corrected chi connectivity index (χ3v) is 3.98. The molecule has 1 aromatic heterocycles. The molecule has 1 aliphatic heterocycles. The summed E-state index contributed by atoms with van der Waals surface area (Å²) < 4.78 is 1.73. The summed E-state index contributed by atoms with van der Waals surface area (Å²) in [5.41, 5.74) is 2.05. The molecule has 6 heteroatoms. The normalized spacial score (nSPS) is 14.0. The predicted octanol–water partition coefficient (Wildman–Crippen LogP) is 1.59. The molecule has 120 valence electrons. The minimum Gasteiger partial charge on any atom is -0.347 e. The van der Waals surface area contributed by atoms with Crippen LogP contribution in [0, 0.1) is 0 Å². The molecule has 3 rings (SSSR count). The number of imidazole rings is 1. The Morgan fingerprint density at radius 3 is 2.48 bits per heavy atom. The summed E-state index contributed by atoms with van der Waals surface area (Å²) in [7, 11) is 1.82. The Kier molecular flexibility index (Phi) is 4.41. The Morgan fingerprint density at radius 1 is 1.17 bits per heavy atom. The average molecular weight is 312 g/mol. The summed E-state index contributed by atoms with van der Waals surface area (Å²) in [6, 6.07) is 7.40. The Labute approximate surface area is 135 Å². The maximum Gasteiger partial charge on any atom is 0.271 e. The maximum atomic E-state index is 12.3. The summed E-state index contributed by atoms with van der Waals surface area (Å²) in [6.07, 6.45) is 5.44. The summed E-state index contributed by atoms with van der Waals surface area (Å²) in [6.45, 7) is 2.11. The zero-order chi connectivity index (χ0) is 16.2. The number of rotatable bonds is 4. The molecule has 23 heavy (non-hydrogen) atoms. The highest BCUT2D eigenvalue weighted by Gasteiger charge is 2.19. The van der Waals surface area contributed by atoms with Crippen molar-refractivity contribution in [3.05, 3.63) is 53.6 Å². The van der Waals surface area contributed by atoms with E-state index in [1.807, 2.05) is 36.2 Å². The second-order valence-electron chi connectivity index (χ2n) is 5.80. The highest BCUT2D eigenvalue weighted by Crippen LogP contribution is 2.13. The number of hydrogen-bond acceptors (Lipinski definition) is 3. The van der Waals surface area contributed by atoms with Gasteiger partial charge in [-0.25, -0.2) is 4.98 Å². The second-order valence-corrected chi connectivity index (χ2v) is 5.80. The molecular weight excluding hydrogens is 292 g/mol. The molecule has 0 spiro atoms. The van der Waals surface area contributed by atoms with Crippen LogP contribution >= 0.6 is 0 Å². The number of carbonyl (C=O) groups excluding carboxylic acids is 2. The lowest BCUT2D eigenvalue weighted by Crippen LogP contribution is -2.27. The number of hydrogen-bond donors (Lipinski definition) is 1. The van der Waals surface area contributed by atoms with Gasteiger partial charge < -0.3 is 14.8 Å². The molecule has 6 nitrogen and oxygen atoms in total. The van der Waals surface area contributed by atoms with Crippen molar-refractivity contribution in [2.75, 3.05) is 13.1 Å². The van der Waals surface area contributed by atoms with Gasteiger partial charge >= 0.3 is 0 Å². The zero-order valence-corrected chi connectivity index (χ0v) is 13.2. The molecule has 1 aliphatic rings. The third kappa shape index (κ3) is 3.59. The van der Waals surface area contributed by atoms with Gasteiger partial charge in [-0.3, -0.25) is 9.59 Å². The second kappa shape index (κ2) is 6.64. The number of nitrogens with one attached hydrogen (secondary N) is 1. The first-order valence-electron chi connectivity index (χ1n) is 7.78. The molecule has 0 aliphatic carbocycles. The van der Waals surface area contributed by atoms with Crippen LogP contribution in [0.2, 0.25) is 0 Å². The molecule has 1 N–H and O–H groups in total. The third-order valence-electron chi connectivity index (χ3n) is 3.98. The van der Waals surface area contributed by atoms with E-state index < -0.39 is 0 Å². The van der Waals surface area contributed by atoms with Crippen molar-refractivity contribution in [1.29, 1.82) is 0 Å². The Hall–Kier alpha value is -2.63. The van der Waals surface area contributed by atoms with Crippen LogP contribution in [0.3, 0.4) is 0 Å². The van der Waals surface area contributed by atoms with Gasteiger partial charge in [-0.05, 0) is 30.5 Å². The number of nitrogens with zero attached hydrogens (tertiary/aromatic N) is 3. The molecule has 0 radical (unpaired) electrons. The molecule has 1 fully saturated rings. The van der Waals surface area contributed by atoms with E-state index in [-0.39, 0.29) is 11.8 Å². The highest BCUT2D eigenvalue weighted by atomic mass is 16.2. The lowest BCUT2D eigenvalue weighted by Gasteiger charge is -2.15. The summed E-state index contributed by atoms with van der Waals surface area (Å²) in [4.78, 5) is 30.1. The average Bonchev–Trinajstić information content (AvgIpc) is 3.24. The van der Waals surface area contributed by atoms with E-state index in [9.17, 15) is 9.59 Å². The fourth-order valence-electron chi connectivity index (χ4n) is 2.67. The smallest absolute Gasteiger partial charge is 0.271 e. The van der Waals surface area contributed by atoms with E-state index in [1.165, 1.54) is 0 Å². The van der Waals surface area contributed by atoms with Crippen LogP contribution in [0.25, 0.3) is 0 Å². The van der Waals surface area contributed by atoms with E-state index in [1.54, 1.807) is 17.1 Å². The number of likely N-dealkylation sites (tertiary alicyclic amines) is 1. The number of aryl methyl sites for hydroxylation is 1. The van der Waals surface area contributed by atoms with Crippen LogP contribution in [0.5, 0.6) is 0 Å². The molecular formula is C17H20N4O2. The van der Waals surface area contributed by atoms with E-state index in [4.69, 9.17) is 0 Å². The van der Waals surface area contributed by atoms with Gasteiger partial charge in [0.05, 0.1) is 6.33 Å². The SMILES string of the molecule is Cn1cnc(C(=O)NCc2ccc(C(=O)N3CCCC3)cc2)c1. The fraction of sp³-hybridized carbons (Fsp3) is 0.353. The van der Waals surface area contributed by atoms with Crippen molar-refractivity contribution >= 4 is 11.8 Å². The lowest BCUT2D eigenvalue weighted by molar-refractivity contribution is 0.0792. The van der Waals surface area contributed by atoms with Crippen LogP contribution < -0.4 is 5.32 Å². The van der Waals surface area contributed by atoms with Gasteiger partial charge in [0.25, 0.3) is 11.8 Å². The lowest BCUT2D eigenvalue weighted by atomic mass is 10.1. The molecule has 1 aromatic carbocycles. The molecule has 2 amide bonds. The van der Waals surface area contributed by atoms with Crippen molar-refractivity contribution in [3.8, 4) is 0 Å². The Morgan fingerprint density at radius 2 is 1.87 bits per heavy atom. The predicted molar refractivity (Wildman–Crippen MR) is 86.0 cm³/mol.